The van der Waals surface area contributed by atoms with Crippen molar-refractivity contribution in [2.45, 2.75) is 32.1 Å². The molecule has 0 unspecified atom stereocenters. The summed E-state index contributed by atoms with van der Waals surface area (Å²) in [6.45, 7) is 3.44. The SMILES string of the molecule is CN1CCC=C(c2[nH]ncc2OCCCc2ccccc2)C1.c1ccc(CCCOc2cn[nH]c2-c2cccnc2)cc1. The predicted molar refractivity (Wildman–Crippen MR) is 171 cm³/mol. The maximum Gasteiger partial charge on any atom is 0.164 e. The zero-order valence-corrected chi connectivity index (χ0v) is 24.8. The number of hydrogen-bond donors (Lipinski definition) is 2. The van der Waals surface area contributed by atoms with Crippen LogP contribution in [0.15, 0.2) is 104 Å². The third-order valence-electron chi connectivity index (χ3n) is 7.24. The number of aryl methyl sites for hydroxylation is 2. The van der Waals surface area contributed by atoms with Crippen LogP contribution < -0.4 is 9.47 Å². The lowest BCUT2D eigenvalue weighted by molar-refractivity contribution is 0.309. The molecule has 0 spiro atoms. The number of nitrogens with one attached hydrogen (secondary N) is 2. The summed E-state index contributed by atoms with van der Waals surface area (Å²) in [4.78, 5) is 6.43. The molecule has 0 radical (unpaired) electrons. The van der Waals surface area contributed by atoms with Crippen LogP contribution in [0.2, 0.25) is 0 Å². The first kappa shape index (κ1) is 29.8. The molecule has 1 aliphatic heterocycles. The van der Waals surface area contributed by atoms with E-state index in [1.807, 2.05) is 24.3 Å². The molecule has 5 aromatic rings. The fraction of sp³-hybridized carbons (Fsp3) is 0.286. The molecule has 0 amide bonds. The molecule has 8 heteroatoms. The van der Waals surface area contributed by atoms with Gasteiger partial charge in [0.1, 0.15) is 11.4 Å². The fourth-order valence-electron chi connectivity index (χ4n) is 5.00. The molecule has 0 saturated carbocycles. The molecule has 8 nitrogen and oxygen atoms in total. The minimum absolute atomic E-state index is 0.668. The van der Waals surface area contributed by atoms with E-state index in [0.29, 0.717) is 13.2 Å². The minimum Gasteiger partial charge on any atom is -0.490 e. The summed E-state index contributed by atoms with van der Waals surface area (Å²) in [5, 5.41) is 14.3. The van der Waals surface area contributed by atoms with Crippen LogP contribution >= 0.6 is 0 Å². The lowest BCUT2D eigenvalue weighted by atomic mass is 10.1. The van der Waals surface area contributed by atoms with E-state index in [2.05, 4.69) is 91.9 Å². The molecule has 2 aromatic carbocycles. The highest BCUT2D eigenvalue weighted by Gasteiger charge is 2.16. The average molecular weight is 577 g/mol. The number of aromatic amines is 2. The summed E-state index contributed by atoms with van der Waals surface area (Å²) in [7, 11) is 2.14. The first-order chi connectivity index (χ1) is 21.3. The van der Waals surface area contributed by atoms with Crippen molar-refractivity contribution in [1.29, 1.82) is 0 Å². The number of rotatable bonds is 12. The monoisotopic (exact) mass is 576 g/mol. The van der Waals surface area contributed by atoms with Gasteiger partial charge in [-0.1, -0.05) is 66.7 Å². The summed E-state index contributed by atoms with van der Waals surface area (Å²) in [6.07, 6.45) is 14.4. The Morgan fingerprint density at radius 1 is 0.721 bits per heavy atom. The molecule has 4 heterocycles. The molecule has 0 fully saturated rings. The Bertz CT molecular complexity index is 1520. The number of ether oxygens (including phenoxy) is 2. The fourth-order valence-corrected chi connectivity index (χ4v) is 5.00. The molecular formula is C35H40N6O2. The Kier molecular flexibility index (Phi) is 11.1. The van der Waals surface area contributed by atoms with E-state index in [0.717, 1.165) is 73.6 Å². The van der Waals surface area contributed by atoms with Crippen molar-refractivity contribution in [2.75, 3.05) is 33.4 Å². The lowest BCUT2D eigenvalue weighted by Gasteiger charge is -2.22. The molecule has 6 rings (SSSR count). The first-order valence-corrected chi connectivity index (χ1v) is 14.9. The predicted octanol–water partition coefficient (Wildman–Crippen LogP) is 6.62. The van der Waals surface area contributed by atoms with E-state index in [-0.39, 0.29) is 0 Å². The van der Waals surface area contributed by atoms with Crippen LogP contribution in [0.5, 0.6) is 11.5 Å². The zero-order chi connectivity index (χ0) is 29.5. The van der Waals surface area contributed by atoms with Gasteiger partial charge < -0.3 is 14.4 Å². The van der Waals surface area contributed by atoms with Gasteiger partial charge in [0.25, 0.3) is 0 Å². The minimum atomic E-state index is 0.668. The van der Waals surface area contributed by atoms with Crippen molar-refractivity contribution < 1.29 is 9.47 Å². The van der Waals surface area contributed by atoms with Gasteiger partial charge in [-0.25, -0.2) is 0 Å². The number of H-pyrrole nitrogens is 2. The first-order valence-electron chi connectivity index (χ1n) is 14.9. The number of likely N-dealkylation sites (N-methyl/N-ethyl adjacent to an activating group) is 1. The lowest BCUT2D eigenvalue weighted by Crippen LogP contribution is -2.25. The van der Waals surface area contributed by atoms with Gasteiger partial charge in [-0.05, 0) is 68.0 Å². The van der Waals surface area contributed by atoms with Crippen LogP contribution in [0.4, 0.5) is 0 Å². The summed E-state index contributed by atoms with van der Waals surface area (Å²) in [5.74, 6) is 1.64. The van der Waals surface area contributed by atoms with E-state index in [1.165, 1.54) is 16.7 Å². The molecule has 43 heavy (non-hydrogen) atoms. The second-order valence-electron chi connectivity index (χ2n) is 10.6. The van der Waals surface area contributed by atoms with Crippen molar-refractivity contribution in [3.8, 4) is 22.8 Å². The summed E-state index contributed by atoms with van der Waals surface area (Å²) in [5.41, 5.74) is 6.86. The van der Waals surface area contributed by atoms with E-state index < -0.39 is 0 Å². The van der Waals surface area contributed by atoms with Gasteiger partial charge in [0.15, 0.2) is 11.5 Å². The second-order valence-corrected chi connectivity index (χ2v) is 10.6. The van der Waals surface area contributed by atoms with E-state index >= 15 is 0 Å². The highest BCUT2D eigenvalue weighted by atomic mass is 16.5. The third-order valence-corrected chi connectivity index (χ3v) is 7.24. The maximum absolute atomic E-state index is 5.93. The Morgan fingerprint density at radius 2 is 1.33 bits per heavy atom. The van der Waals surface area contributed by atoms with Gasteiger partial charge in [0.2, 0.25) is 0 Å². The van der Waals surface area contributed by atoms with E-state index in [1.54, 1.807) is 24.8 Å². The van der Waals surface area contributed by atoms with Crippen LogP contribution in [-0.2, 0) is 12.8 Å². The number of benzene rings is 2. The van der Waals surface area contributed by atoms with Crippen LogP contribution in [0.1, 0.15) is 36.1 Å². The Labute approximate surface area is 253 Å². The highest BCUT2D eigenvalue weighted by Crippen LogP contribution is 2.27. The van der Waals surface area contributed by atoms with Crippen molar-refractivity contribution in [3.63, 3.8) is 0 Å². The van der Waals surface area contributed by atoms with Crippen molar-refractivity contribution in [1.82, 2.24) is 30.3 Å². The molecule has 0 aliphatic carbocycles. The molecule has 0 bridgehead atoms. The van der Waals surface area contributed by atoms with Gasteiger partial charge in [-0.3, -0.25) is 15.2 Å². The smallest absolute Gasteiger partial charge is 0.164 e. The molecule has 0 saturated heterocycles. The van der Waals surface area contributed by atoms with Gasteiger partial charge in [-0.15, -0.1) is 0 Å². The molecule has 0 atom stereocenters. The highest BCUT2D eigenvalue weighted by molar-refractivity contribution is 5.69. The molecular weight excluding hydrogens is 536 g/mol. The van der Waals surface area contributed by atoms with Crippen LogP contribution in [-0.4, -0.2) is 63.6 Å². The van der Waals surface area contributed by atoms with Gasteiger partial charge in [0.05, 0.1) is 25.6 Å². The summed E-state index contributed by atoms with van der Waals surface area (Å²) in [6, 6.07) is 24.8. The second kappa shape index (κ2) is 16.1. The largest absolute Gasteiger partial charge is 0.490 e. The van der Waals surface area contributed by atoms with Crippen molar-refractivity contribution in [2.24, 2.45) is 0 Å². The van der Waals surface area contributed by atoms with Gasteiger partial charge >= 0.3 is 0 Å². The summed E-state index contributed by atoms with van der Waals surface area (Å²) >= 11 is 0. The van der Waals surface area contributed by atoms with Crippen molar-refractivity contribution >= 4 is 5.57 Å². The van der Waals surface area contributed by atoms with Crippen LogP contribution in [0.25, 0.3) is 16.8 Å². The topological polar surface area (TPSA) is 92.0 Å². The summed E-state index contributed by atoms with van der Waals surface area (Å²) < 4.78 is 11.8. The molecule has 1 aliphatic rings. The van der Waals surface area contributed by atoms with Crippen LogP contribution in [0, 0.1) is 0 Å². The number of hydrogen-bond acceptors (Lipinski definition) is 6. The van der Waals surface area contributed by atoms with Crippen LogP contribution in [0.3, 0.4) is 0 Å². The number of nitrogens with zero attached hydrogens (tertiary/aromatic N) is 4. The Morgan fingerprint density at radius 3 is 1.91 bits per heavy atom. The maximum atomic E-state index is 5.93. The van der Waals surface area contributed by atoms with Crippen molar-refractivity contribution in [3.05, 3.63) is 120 Å². The van der Waals surface area contributed by atoms with E-state index in [9.17, 15) is 0 Å². The Hall–Kier alpha value is -4.69. The third kappa shape index (κ3) is 9.15. The molecule has 3 aromatic heterocycles. The van der Waals surface area contributed by atoms with E-state index in [4.69, 9.17) is 9.47 Å². The average Bonchev–Trinajstić information content (AvgIpc) is 3.73. The normalized spacial score (nSPS) is 13.1. The quantitative estimate of drug-likeness (QED) is 0.162. The van der Waals surface area contributed by atoms with Gasteiger partial charge in [0, 0.05) is 31.0 Å². The number of aromatic nitrogens is 5. The van der Waals surface area contributed by atoms with Gasteiger partial charge in [-0.2, -0.15) is 10.2 Å². The Balaban J connectivity index is 0.000000171. The molecule has 2 N–H and O–H groups in total. The number of pyridine rings is 1. The standard InChI is InChI=1S/C18H23N3O.C17H17N3O/c1-21-11-5-10-16(14-21)18-17(13-19-20-18)22-12-6-9-15-7-3-2-4-8-15;1-2-6-14(7-3-1)8-5-11-21-16-13-19-20-17(16)15-9-4-10-18-12-15/h2-4,7-8,10,13H,5-6,9,11-12,14H2,1H3,(H,19,20);1-4,6-7,9-10,12-13H,5,8,11H2,(H,19,20). The molecule has 222 valence electrons. The zero-order valence-electron chi connectivity index (χ0n) is 24.8.